The summed E-state index contributed by atoms with van der Waals surface area (Å²) >= 11 is 0. The van der Waals surface area contributed by atoms with Crippen molar-refractivity contribution in [3.63, 3.8) is 0 Å². The average Bonchev–Trinajstić information content (AvgIpc) is 3.02. The van der Waals surface area contributed by atoms with Crippen LogP contribution < -0.4 is 14.4 Å². The Kier molecular flexibility index (Phi) is 4.96. The lowest BCUT2D eigenvalue weighted by molar-refractivity contribution is -0.123. The van der Waals surface area contributed by atoms with Gasteiger partial charge in [-0.3, -0.25) is 14.5 Å². The maximum absolute atomic E-state index is 13.6. The predicted octanol–water partition coefficient (Wildman–Crippen LogP) is 2.67. The van der Waals surface area contributed by atoms with Gasteiger partial charge < -0.3 is 9.47 Å². The molecular weight excluding hydrogens is 382 g/mol. The summed E-state index contributed by atoms with van der Waals surface area (Å²) in [4.78, 5) is 28.3. The second kappa shape index (κ2) is 7.44. The number of nitrogens with zero attached hydrogens (tertiary/aromatic N) is 2. The molecule has 8 heteroatoms. The van der Waals surface area contributed by atoms with Crippen molar-refractivity contribution in [3.05, 3.63) is 53.1 Å². The van der Waals surface area contributed by atoms with Crippen LogP contribution in [0.15, 0.2) is 30.3 Å². The number of amides is 2. The lowest BCUT2D eigenvalue weighted by atomic mass is 9.97. The summed E-state index contributed by atoms with van der Waals surface area (Å²) in [6.45, 7) is 1.07. The third kappa shape index (κ3) is 3.33. The maximum Gasteiger partial charge on any atom is 0.251 e. The maximum atomic E-state index is 13.6. The van der Waals surface area contributed by atoms with Gasteiger partial charge in [0.1, 0.15) is 0 Å². The van der Waals surface area contributed by atoms with Gasteiger partial charge in [-0.05, 0) is 41.8 Å². The zero-order chi connectivity index (χ0) is 20.7. The molecule has 0 saturated carbocycles. The third-order valence-electron chi connectivity index (χ3n) is 5.47. The van der Waals surface area contributed by atoms with Crippen molar-refractivity contribution < 1.29 is 27.8 Å². The summed E-state index contributed by atoms with van der Waals surface area (Å²) in [5, 5.41) is 0. The van der Waals surface area contributed by atoms with Crippen LogP contribution in [-0.2, 0) is 22.6 Å². The lowest BCUT2D eigenvalue weighted by Gasteiger charge is -2.32. The molecule has 0 radical (unpaired) electrons. The van der Waals surface area contributed by atoms with E-state index in [1.807, 2.05) is 17.0 Å². The second-order valence-electron chi connectivity index (χ2n) is 7.08. The number of carbonyl (C=O) groups excluding carboxylic acids is 2. The van der Waals surface area contributed by atoms with Gasteiger partial charge in [0.05, 0.1) is 32.4 Å². The van der Waals surface area contributed by atoms with Gasteiger partial charge in [0.15, 0.2) is 23.1 Å². The van der Waals surface area contributed by atoms with E-state index in [0.29, 0.717) is 31.0 Å². The molecule has 0 aliphatic carbocycles. The zero-order valence-electron chi connectivity index (χ0n) is 16.1. The first kappa shape index (κ1) is 19.3. The van der Waals surface area contributed by atoms with Gasteiger partial charge in [0.25, 0.3) is 5.91 Å². The van der Waals surface area contributed by atoms with Crippen molar-refractivity contribution >= 4 is 17.5 Å². The minimum Gasteiger partial charge on any atom is -0.493 e. The number of fused-ring (bicyclic) bond motifs is 1. The molecule has 152 valence electrons. The van der Waals surface area contributed by atoms with E-state index in [1.165, 1.54) is 6.07 Å². The Bertz CT molecular complexity index is 995. The van der Waals surface area contributed by atoms with E-state index in [0.717, 1.165) is 28.2 Å². The van der Waals surface area contributed by atoms with E-state index >= 15 is 0 Å². The molecule has 0 N–H and O–H groups in total. The fraction of sp³-hybridized carbons (Fsp3) is 0.333. The van der Waals surface area contributed by atoms with Gasteiger partial charge in [-0.2, -0.15) is 0 Å². The molecule has 2 aliphatic heterocycles. The van der Waals surface area contributed by atoms with Crippen molar-refractivity contribution in [1.29, 1.82) is 0 Å². The number of rotatable bonds is 4. The largest absolute Gasteiger partial charge is 0.493 e. The quantitative estimate of drug-likeness (QED) is 0.736. The number of halogens is 2. The molecule has 1 saturated heterocycles. The van der Waals surface area contributed by atoms with Gasteiger partial charge in [-0.1, -0.05) is 0 Å². The van der Waals surface area contributed by atoms with Crippen LogP contribution in [-0.4, -0.2) is 43.5 Å². The van der Waals surface area contributed by atoms with Crippen molar-refractivity contribution in [1.82, 2.24) is 4.90 Å². The molecule has 2 aliphatic rings. The number of anilines is 1. The van der Waals surface area contributed by atoms with Crippen LogP contribution in [0.5, 0.6) is 11.5 Å². The van der Waals surface area contributed by atoms with E-state index in [-0.39, 0.29) is 12.1 Å². The summed E-state index contributed by atoms with van der Waals surface area (Å²) < 4.78 is 37.5. The number of hydrogen-bond acceptors (Lipinski definition) is 5. The zero-order valence-corrected chi connectivity index (χ0v) is 16.1. The Morgan fingerprint density at radius 1 is 0.966 bits per heavy atom. The first-order valence-corrected chi connectivity index (χ1v) is 9.22. The monoisotopic (exact) mass is 402 g/mol. The normalized spacial score (nSPS) is 19.4. The molecule has 2 amide bonds. The summed E-state index contributed by atoms with van der Waals surface area (Å²) in [5.41, 5.74) is 2.15. The standard InChI is InChI=1S/C21H20F2N2O4/c1-28-18-7-12-5-6-24(11-13(12)8-19(18)29-2)17-10-20(26)25(21(17)27)14-3-4-15(22)16(23)9-14/h3-4,7-9,17H,5-6,10-11H2,1-2H3. The number of carbonyl (C=O) groups is 2. The molecule has 2 heterocycles. The number of benzene rings is 2. The summed E-state index contributed by atoms with van der Waals surface area (Å²) in [6, 6.07) is 6.19. The van der Waals surface area contributed by atoms with Gasteiger partial charge in [0.2, 0.25) is 5.91 Å². The van der Waals surface area contributed by atoms with Crippen molar-refractivity contribution in [2.45, 2.75) is 25.4 Å². The first-order valence-electron chi connectivity index (χ1n) is 9.22. The average molecular weight is 402 g/mol. The smallest absolute Gasteiger partial charge is 0.251 e. The Balaban J connectivity index is 1.58. The van der Waals surface area contributed by atoms with Crippen LogP contribution in [0, 0.1) is 11.6 Å². The van der Waals surface area contributed by atoms with Crippen LogP contribution in [0.25, 0.3) is 0 Å². The predicted molar refractivity (Wildman–Crippen MR) is 101 cm³/mol. The van der Waals surface area contributed by atoms with Crippen LogP contribution in [0.1, 0.15) is 17.5 Å². The third-order valence-corrected chi connectivity index (χ3v) is 5.47. The molecule has 1 fully saturated rings. The Morgan fingerprint density at radius 2 is 1.66 bits per heavy atom. The van der Waals surface area contributed by atoms with Crippen LogP contribution >= 0.6 is 0 Å². The minimum absolute atomic E-state index is 0.000448. The highest BCUT2D eigenvalue weighted by atomic mass is 19.2. The summed E-state index contributed by atoms with van der Waals surface area (Å²) in [5.74, 6) is -1.73. The SMILES string of the molecule is COc1cc2c(cc1OC)CN(C1CC(=O)N(c3ccc(F)c(F)c3)C1=O)CC2. The van der Waals surface area contributed by atoms with Gasteiger partial charge in [0, 0.05) is 19.2 Å². The molecule has 6 nitrogen and oxygen atoms in total. The lowest BCUT2D eigenvalue weighted by Crippen LogP contribution is -2.44. The van der Waals surface area contributed by atoms with E-state index < -0.39 is 29.5 Å². The number of hydrogen-bond donors (Lipinski definition) is 0. The highest BCUT2D eigenvalue weighted by Crippen LogP contribution is 2.35. The fourth-order valence-electron chi connectivity index (χ4n) is 3.97. The molecule has 2 aromatic carbocycles. The molecule has 29 heavy (non-hydrogen) atoms. The van der Waals surface area contributed by atoms with E-state index in [9.17, 15) is 18.4 Å². The summed E-state index contributed by atoms with van der Waals surface area (Å²) in [7, 11) is 3.14. The molecule has 2 aromatic rings. The second-order valence-corrected chi connectivity index (χ2v) is 7.08. The minimum atomic E-state index is -1.10. The fourth-order valence-corrected chi connectivity index (χ4v) is 3.97. The first-order chi connectivity index (χ1) is 13.9. The highest BCUT2D eigenvalue weighted by molar-refractivity contribution is 6.22. The van der Waals surface area contributed by atoms with E-state index in [2.05, 4.69) is 0 Å². The molecule has 1 atom stereocenters. The van der Waals surface area contributed by atoms with Crippen molar-refractivity contribution in [3.8, 4) is 11.5 Å². The Morgan fingerprint density at radius 3 is 2.31 bits per heavy atom. The molecular formula is C21H20F2N2O4. The molecule has 0 bridgehead atoms. The van der Waals surface area contributed by atoms with Crippen molar-refractivity contribution in [2.24, 2.45) is 0 Å². The number of ether oxygens (including phenoxy) is 2. The Hall–Kier alpha value is -3.00. The molecule has 1 unspecified atom stereocenters. The topological polar surface area (TPSA) is 59.1 Å². The van der Waals surface area contributed by atoms with Crippen LogP contribution in [0.3, 0.4) is 0 Å². The van der Waals surface area contributed by atoms with Gasteiger partial charge in [-0.25, -0.2) is 13.7 Å². The molecule has 0 spiro atoms. The number of methoxy groups -OCH3 is 2. The Labute approximate surface area is 166 Å². The molecule has 0 aromatic heterocycles. The van der Waals surface area contributed by atoms with E-state index in [1.54, 1.807) is 14.2 Å². The highest BCUT2D eigenvalue weighted by Gasteiger charge is 2.43. The number of imide groups is 1. The van der Waals surface area contributed by atoms with Gasteiger partial charge in [-0.15, -0.1) is 0 Å². The van der Waals surface area contributed by atoms with Gasteiger partial charge >= 0.3 is 0 Å². The molecule has 4 rings (SSSR count). The van der Waals surface area contributed by atoms with Crippen LogP contribution in [0.4, 0.5) is 14.5 Å². The van der Waals surface area contributed by atoms with E-state index in [4.69, 9.17) is 9.47 Å². The van der Waals surface area contributed by atoms with Crippen LogP contribution in [0.2, 0.25) is 0 Å². The van der Waals surface area contributed by atoms with Crippen molar-refractivity contribution in [2.75, 3.05) is 25.7 Å². The summed E-state index contributed by atoms with van der Waals surface area (Å²) in [6.07, 6.45) is 0.694.